The molecule has 110 valence electrons. The lowest BCUT2D eigenvalue weighted by molar-refractivity contribution is 0.0860. The molecule has 0 amide bonds. The van der Waals surface area contributed by atoms with E-state index in [4.69, 9.17) is 8.95 Å². The average molecular weight is 403 g/mol. The summed E-state index contributed by atoms with van der Waals surface area (Å²) in [5, 5.41) is 5.21. The van der Waals surface area contributed by atoms with Gasteiger partial charge in [-0.2, -0.15) is 0 Å². The molecular formula is C15H22INO2Si. The topological polar surface area (TPSA) is 35.3 Å². The van der Waals surface area contributed by atoms with Crippen LogP contribution < -0.4 is 0 Å². The summed E-state index contributed by atoms with van der Waals surface area (Å²) in [6.45, 7) is 13.0. The first-order valence-electron chi connectivity index (χ1n) is 6.91. The number of rotatable bonds is 3. The standard InChI is InChI=1S/C15H22INO2Si/c1-9-10-7-8-11(16)12(13(10)18-17-9)14(15(2,3)4)19-20(5)6/h7-8,14,20H,1-6H3. The van der Waals surface area contributed by atoms with E-state index in [2.05, 4.69) is 73.7 Å². The summed E-state index contributed by atoms with van der Waals surface area (Å²) in [6, 6.07) is 4.21. The minimum atomic E-state index is -1.16. The van der Waals surface area contributed by atoms with E-state index in [0.29, 0.717) is 0 Å². The third-order valence-corrected chi connectivity index (χ3v) is 5.02. The summed E-state index contributed by atoms with van der Waals surface area (Å²) in [5.41, 5.74) is 2.99. The highest BCUT2D eigenvalue weighted by Crippen LogP contribution is 2.42. The molecule has 3 nitrogen and oxygen atoms in total. The Balaban J connectivity index is 2.66. The van der Waals surface area contributed by atoms with Gasteiger partial charge in [0.25, 0.3) is 0 Å². The maximum atomic E-state index is 6.35. The fraction of sp³-hybridized carbons (Fsp3) is 0.533. The van der Waals surface area contributed by atoms with Crippen molar-refractivity contribution >= 4 is 42.6 Å². The molecule has 0 fully saturated rings. The molecule has 20 heavy (non-hydrogen) atoms. The van der Waals surface area contributed by atoms with Crippen molar-refractivity contribution in [3.8, 4) is 0 Å². The summed E-state index contributed by atoms with van der Waals surface area (Å²) < 4.78 is 13.1. The summed E-state index contributed by atoms with van der Waals surface area (Å²) in [4.78, 5) is 0. The van der Waals surface area contributed by atoms with Crippen molar-refractivity contribution < 1.29 is 8.95 Å². The van der Waals surface area contributed by atoms with Gasteiger partial charge in [0.05, 0.1) is 11.8 Å². The molecule has 1 atom stereocenters. The fourth-order valence-electron chi connectivity index (χ4n) is 2.34. The van der Waals surface area contributed by atoms with Crippen LogP contribution in [-0.2, 0) is 4.43 Å². The number of benzene rings is 1. The van der Waals surface area contributed by atoms with Crippen LogP contribution in [0.5, 0.6) is 0 Å². The quantitative estimate of drug-likeness (QED) is 0.544. The van der Waals surface area contributed by atoms with Crippen molar-refractivity contribution in [2.24, 2.45) is 5.41 Å². The van der Waals surface area contributed by atoms with Crippen LogP contribution in [0.25, 0.3) is 11.0 Å². The Morgan fingerprint density at radius 1 is 1.30 bits per heavy atom. The number of aromatic nitrogens is 1. The van der Waals surface area contributed by atoms with E-state index in [0.717, 1.165) is 22.2 Å². The van der Waals surface area contributed by atoms with Crippen LogP contribution >= 0.6 is 22.6 Å². The van der Waals surface area contributed by atoms with E-state index in [1.807, 2.05) is 6.92 Å². The normalized spacial score (nSPS) is 14.2. The molecule has 1 aromatic heterocycles. The molecule has 0 aliphatic heterocycles. The second kappa shape index (κ2) is 5.77. The SMILES string of the molecule is Cc1noc2c(C(O[SiH](C)C)C(C)(C)C)c(I)ccc12. The van der Waals surface area contributed by atoms with E-state index in [1.165, 1.54) is 3.57 Å². The second-order valence-corrected chi connectivity index (χ2v) is 10.1. The predicted octanol–water partition coefficient (Wildman–Crippen LogP) is 4.83. The number of hydrogen-bond acceptors (Lipinski definition) is 3. The lowest BCUT2D eigenvalue weighted by Gasteiger charge is -2.33. The Kier molecular flexibility index (Phi) is 4.61. The van der Waals surface area contributed by atoms with Gasteiger partial charge >= 0.3 is 0 Å². The maximum Gasteiger partial charge on any atom is 0.173 e. The molecule has 5 heteroatoms. The maximum absolute atomic E-state index is 6.35. The van der Waals surface area contributed by atoms with Crippen molar-refractivity contribution in [1.29, 1.82) is 0 Å². The zero-order valence-corrected chi connectivity index (χ0v) is 16.3. The number of fused-ring (bicyclic) bond motifs is 1. The molecule has 1 heterocycles. The third kappa shape index (κ3) is 3.09. The van der Waals surface area contributed by atoms with E-state index in [-0.39, 0.29) is 11.5 Å². The van der Waals surface area contributed by atoms with Gasteiger partial charge in [0.2, 0.25) is 0 Å². The molecule has 0 bridgehead atoms. The van der Waals surface area contributed by atoms with Crippen LogP contribution in [0.2, 0.25) is 13.1 Å². The largest absolute Gasteiger partial charge is 0.413 e. The molecule has 0 aliphatic rings. The van der Waals surface area contributed by atoms with Gasteiger partial charge in [-0.3, -0.25) is 0 Å². The molecule has 0 spiro atoms. The minimum Gasteiger partial charge on any atom is -0.413 e. The van der Waals surface area contributed by atoms with Gasteiger partial charge in [-0.05, 0) is 60.2 Å². The highest BCUT2D eigenvalue weighted by Gasteiger charge is 2.32. The van der Waals surface area contributed by atoms with E-state index in [1.54, 1.807) is 0 Å². The van der Waals surface area contributed by atoms with Crippen LogP contribution in [0.3, 0.4) is 0 Å². The van der Waals surface area contributed by atoms with E-state index in [9.17, 15) is 0 Å². The lowest BCUT2D eigenvalue weighted by Crippen LogP contribution is -2.26. The molecule has 0 radical (unpaired) electrons. The lowest BCUT2D eigenvalue weighted by atomic mass is 9.84. The number of halogens is 1. The van der Waals surface area contributed by atoms with Gasteiger partial charge < -0.3 is 8.95 Å². The minimum absolute atomic E-state index is 0.0200. The number of nitrogens with zero attached hydrogens (tertiary/aromatic N) is 1. The molecule has 0 aliphatic carbocycles. The highest BCUT2D eigenvalue weighted by molar-refractivity contribution is 14.1. The van der Waals surface area contributed by atoms with Crippen LogP contribution in [0.4, 0.5) is 0 Å². The number of hydrogen-bond donors (Lipinski definition) is 0. The van der Waals surface area contributed by atoms with Crippen molar-refractivity contribution in [2.75, 3.05) is 0 Å². The molecule has 1 aromatic carbocycles. The Hall–Kier alpha value is -0.403. The zero-order chi connectivity index (χ0) is 15.1. The average Bonchev–Trinajstić information content (AvgIpc) is 2.67. The molecule has 2 rings (SSSR count). The predicted molar refractivity (Wildman–Crippen MR) is 93.6 cm³/mol. The first-order chi connectivity index (χ1) is 9.21. The molecule has 0 saturated heterocycles. The molecule has 2 aromatic rings. The van der Waals surface area contributed by atoms with Gasteiger partial charge in [0.1, 0.15) is 0 Å². The zero-order valence-electron chi connectivity index (χ0n) is 13.0. The molecule has 0 N–H and O–H groups in total. The fourth-order valence-corrected chi connectivity index (χ4v) is 4.14. The van der Waals surface area contributed by atoms with Gasteiger partial charge in [0.15, 0.2) is 14.6 Å². The Labute approximate surface area is 135 Å². The Morgan fingerprint density at radius 2 is 1.95 bits per heavy atom. The summed E-state index contributed by atoms with van der Waals surface area (Å²) in [7, 11) is -1.16. The van der Waals surface area contributed by atoms with Crippen molar-refractivity contribution in [1.82, 2.24) is 5.16 Å². The third-order valence-electron chi connectivity index (χ3n) is 3.26. The van der Waals surface area contributed by atoms with Gasteiger partial charge in [0, 0.05) is 14.5 Å². The van der Waals surface area contributed by atoms with Crippen LogP contribution in [-0.4, -0.2) is 14.2 Å². The molecule has 1 unspecified atom stereocenters. The van der Waals surface area contributed by atoms with Crippen molar-refractivity contribution in [3.63, 3.8) is 0 Å². The second-order valence-electron chi connectivity index (χ2n) is 6.54. The first-order valence-corrected chi connectivity index (χ1v) is 10.8. The summed E-state index contributed by atoms with van der Waals surface area (Å²) >= 11 is 2.37. The molecule has 0 saturated carbocycles. The van der Waals surface area contributed by atoms with Gasteiger partial charge in [-0.15, -0.1) is 0 Å². The van der Waals surface area contributed by atoms with Crippen molar-refractivity contribution in [3.05, 3.63) is 27.0 Å². The summed E-state index contributed by atoms with van der Waals surface area (Å²) in [5.74, 6) is 0. The van der Waals surface area contributed by atoms with Crippen molar-refractivity contribution in [2.45, 2.75) is 46.9 Å². The molecular weight excluding hydrogens is 381 g/mol. The Morgan fingerprint density at radius 3 is 2.50 bits per heavy atom. The van der Waals surface area contributed by atoms with E-state index < -0.39 is 9.04 Å². The van der Waals surface area contributed by atoms with Crippen LogP contribution in [0.15, 0.2) is 16.7 Å². The first kappa shape index (κ1) is 16.0. The highest BCUT2D eigenvalue weighted by atomic mass is 127. The number of aryl methyl sites for hydroxylation is 1. The van der Waals surface area contributed by atoms with E-state index >= 15 is 0 Å². The monoisotopic (exact) mass is 403 g/mol. The van der Waals surface area contributed by atoms with Gasteiger partial charge in [-0.1, -0.05) is 25.9 Å². The van der Waals surface area contributed by atoms with Gasteiger partial charge in [-0.25, -0.2) is 0 Å². The Bertz CT molecular complexity index is 616. The van der Waals surface area contributed by atoms with Crippen LogP contribution in [0, 0.1) is 15.9 Å². The van der Waals surface area contributed by atoms with Crippen LogP contribution in [0.1, 0.15) is 38.1 Å². The smallest absolute Gasteiger partial charge is 0.173 e. The summed E-state index contributed by atoms with van der Waals surface area (Å²) in [6.07, 6.45) is 0.0390.